The number of nitrogens with zero attached hydrogens (tertiary/aromatic N) is 4. The minimum atomic E-state index is -0.507. The van der Waals surface area contributed by atoms with Gasteiger partial charge in [-0.2, -0.15) is 0 Å². The molecule has 0 aliphatic carbocycles. The molecule has 164 valence electrons. The molecule has 7 heteroatoms. The van der Waals surface area contributed by atoms with Crippen LogP contribution in [0.25, 0.3) is 0 Å². The van der Waals surface area contributed by atoms with Crippen LogP contribution in [0.1, 0.15) is 35.7 Å². The van der Waals surface area contributed by atoms with E-state index in [4.69, 9.17) is 4.74 Å². The Hall–Kier alpha value is -2.12. The maximum Gasteiger partial charge on any atom is 0.258 e. The van der Waals surface area contributed by atoms with Gasteiger partial charge in [0.1, 0.15) is 17.4 Å². The predicted molar refractivity (Wildman–Crippen MR) is 116 cm³/mol. The van der Waals surface area contributed by atoms with Gasteiger partial charge in [0.2, 0.25) is 5.91 Å². The van der Waals surface area contributed by atoms with Gasteiger partial charge in [0, 0.05) is 52.1 Å². The summed E-state index contributed by atoms with van der Waals surface area (Å²) in [4.78, 5) is 35.1. The zero-order chi connectivity index (χ0) is 21.5. The molecule has 4 rings (SSSR count). The number of piperidine rings is 1. The Bertz CT molecular complexity index is 811. The van der Waals surface area contributed by atoms with Gasteiger partial charge in [-0.15, -0.1) is 0 Å². The average molecular weight is 415 g/mol. The third kappa shape index (κ3) is 4.05. The number of piperazine rings is 1. The van der Waals surface area contributed by atoms with Crippen molar-refractivity contribution in [3.05, 3.63) is 29.3 Å². The van der Waals surface area contributed by atoms with Gasteiger partial charge in [0.15, 0.2) is 0 Å². The third-order valence-electron chi connectivity index (χ3n) is 6.95. The lowest BCUT2D eigenvalue weighted by molar-refractivity contribution is -0.138. The number of ether oxygens (including phenoxy) is 1. The van der Waals surface area contributed by atoms with Gasteiger partial charge in [0.05, 0.1) is 12.1 Å². The summed E-state index contributed by atoms with van der Waals surface area (Å²) in [5.41, 5.74) is 1.14. The Labute approximate surface area is 179 Å². The maximum absolute atomic E-state index is 13.6. The van der Waals surface area contributed by atoms with Crippen molar-refractivity contribution in [3.8, 4) is 5.75 Å². The van der Waals surface area contributed by atoms with E-state index in [-0.39, 0.29) is 11.8 Å². The number of likely N-dealkylation sites (tertiary alicyclic amines) is 1. The molecule has 1 aromatic carbocycles. The van der Waals surface area contributed by atoms with E-state index < -0.39 is 11.6 Å². The van der Waals surface area contributed by atoms with Crippen molar-refractivity contribution in [2.75, 3.05) is 59.9 Å². The largest absolute Gasteiger partial charge is 0.484 e. The van der Waals surface area contributed by atoms with Crippen molar-refractivity contribution in [2.24, 2.45) is 0 Å². The Morgan fingerprint density at radius 1 is 1.03 bits per heavy atom. The molecule has 0 bridgehead atoms. The van der Waals surface area contributed by atoms with E-state index in [9.17, 15) is 9.59 Å². The Kier molecular flexibility index (Phi) is 5.77. The summed E-state index contributed by atoms with van der Waals surface area (Å²) in [6, 6.07) is 5.29. The second-order valence-corrected chi connectivity index (χ2v) is 9.33. The summed E-state index contributed by atoms with van der Waals surface area (Å²) in [6.45, 7) is 9.31. The number of fused-ring (bicyclic) bond motifs is 1. The normalized spacial score (nSPS) is 23.7. The highest BCUT2D eigenvalue weighted by Gasteiger charge is 2.45. The van der Waals surface area contributed by atoms with Crippen LogP contribution in [0.3, 0.4) is 0 Å². The van der Waals surface area contributed by atoms with Gasteiger partial charge in [-0.3, -0.25) is 9.59 Å². The van der Waals surface area contributed by atoms with E-state index >= 15 is 0 Å². The number of hydrogen-bond acceptors (Lipinski definition) is 5. The minimum absolute atomic E-state index is 0.0376. The molecule has 30 heavy (non-hydrogen) atoms. The fourth-order valence-corrected chi connectivity index (χ4v) is 4.73. The molecule has 2 fully saturated rings. The summed E-state index contributed by atoms with van der Waals surface area (Å²) in [6.07, 6.45) is 1.69. The number of carbonyl (C=O) groups is 2. The zero-order valence-corrected chi connectivity index (χ0v) is 18.7. The number of likely N-dealkylation sites (N-methyl/N-ethyl adjacent to an activating group) is 1. The zero-order valence-electron chi connectivity index (χ0n) is 18.7. The molecule has 0 radical (unpaired) electrons. The molecule has 2 saturated heterocycles. The number of amides is 2. The summed E-state index contributed by atoms with van der Waals surface area (Å²) in [7, 11) is 4.19. The number of benzene rings is 1. The van der Waals surface area contributed by atoms with Crippen molar-refractivity contribution in [2.45, 2.75) is 38.3 Å². The highest BCUT2D eigenvalue weighted by molar-refractivity contribution is 6.00. The Morgan fingerprint density at radius 3 is 2.33 bits per heavy atom. The quantitative estimate of drug-likeness (QED) is 0.733. The first-order valence-corrected chi connectivity index (χ1v) is 11.0. The fraction of sp³-hybridized carbons (Fsp3) is 0.652. The van der Waals surface area contributed by atoms with Crippen LogP contribution in [0.4, 0.5) is 0 Å². The molecule has 7 nitrogen and oxygen atoms in total. The molecule has 3 heterocycles. The third-order valence-corrected chi connectivity index (χ3v) is 6.95. The van der Waals surface area contributed by atoms with Gasteiger partial charge in [-0.25, -0.2) is 0 Å². The monoisotopic (exact) mass is 414 g/mol. The lowest BCUT2D eigenvalue weighted by Gasteiger charge is -2.43. The average Bonchev–Trinajstić information content (AvgIpc) is 2.85. The summed E-state index contributed by atoms with van der Waals surface area (Å²) in [5, 5.41) is 0. The van der Waals surface area contributed by atoms with Crippen molar-refractivity contribution < 1.29 is 14.3 Å². The molecule has 0 saturated carbocycles. The molecule has 1 atom stereocenters. The lowest BCUT2D eigenvalue weighted by Crippen LogP contribution is -2.59. The predicted octanol–water partition coefficient (Wildman–Crippen LogP) is 1.46. The fourth-order valence-electron chi connectivity index (χ4n) is 4.73. The minimum Gasteiger partial charge on any atom is -0.484 e. The van der Waals surface area contributed by atoms with Crippen LogP contribution in [0, 0.1) is 6.92 Å². The van der Waals surface area contributed by atoms with Crippen LogP contribution in [-0.4, -0.2) is 103 Å². The van der Waals surface area contributed by atoms with Crippen molar-refractivity contribution in [1.29, 1.82) is 0 Å². The number of hydrogen-bond donors (Lipinski definition) is 0. The lowest BCUT2D eigenvalue weighted by atomic mass is 9.90. The SMILES string of the molecule is Cc1ccc2c(c1)C(=O)N(C(C)C(=O)N1CCN(C)CC1)CC1(CCN(C)CC1)O2. The topological polar surface area (TPSA) is 56.3 Å². The molecular formula is C23H34N4O3. The maximum atomic E-state index is 13.6. The van der Waals surface area contributed by atoms with Gasteiger partial charge >= 0.3 is 0 Å². The van der Waals surface area contributed by atoms with Crippen LogP contribution in [0.2, 0.25) is 0 Å². The first-order valence-electron chi connectivity index (χ1n) is 11.0. The summed E-state index contributed by atoms with van der Waals surface area (Å²) < 4.78 is 6.56. The van der Waals surface area contributed by atoms with Gasteiger partial charge in [-0.05, 0) is 40.1 Å². The van der Waals surface area contributed by atoms with Crippen molar-refractivity contribution >= 4 is 11.8 Å². The second kappa shape index (κ2) is 8.19. The molecule has 1 unspecified atom stereocenters. The number of carbonyl (C=O) groups excluding carboxylic acids is 2. The second-order valence-electron chi connectivity index (χ2n) is 9.33. The summed E-state index contributed by atoms with van der Waals surface area (Å²) in [5.74, 6) is 0.590. The van der Waals surface area contributed by atoms with Crippen LogP contribution in [0.15, 0.2) is 18.2 Å². The molecule has 3 aliphatic rings. The van der Waals surface area contributed by atoms with Gasteiger partial charge in [-0.1, -0.05) is 11.6 Å². The molecule has 1 aromatic rings. The molecular weight excluding hydrogens is 380 g/mol. The molecule has 0 N–H and O–H groups in total. The molecule has 1 spiro atoms. The van der Waals surface area contributed by atoms with E-state index in [1.165, 1.54) is 0 Å². The first kappa shape index (κ1) is 21.1. The smallest absolute Gasteiger partial charge is 0.258 e. The van der Waals surface area contributed by atoms with E-state index in [0.717, 1.165) is 44.6 Å². The molecule has 2 amide bonds. The van der Waals surface area contributed by atoms with Gasteiger partial charge < -0.3 is 24.3 Å². The standard InChI is InChI=1S/C23H34N4O3/c1-17-5-6-20-19(15-17)22(29)27(16-23(30-20)7-9-24(3)10-8-23)18(2)21(28)26-13-11-25(4)12-14-26/h5-6,15,18H,7-14,16H2,1-4H3. The Morgan fingerprint density at radius 2 is 1.67 bits per heavy atom. The highest BCUT2D eigenvalue weighted by atomic mass is 16.5. The van der Waals surface area contributed by atoms with Crippen molar-refractivity contribution in [3.63, 3.8) is 0 Å². The number of rotatable bonds is 2. The summed E-state index contributed by atoms with van der Waals surface area (Å²) >= 11 is 0. The van der Waals surface area contributed by atoms with Crippen LogP contribution < -0.4 is 4.74 Å². The van der Waals surface area contributed by atoms with E-state index in [1.807, 2.05) is 36.9 Å². The molecule has 3 aliphatic heterocycles. The van der Waals surface area contributed by atoms with Crippen LogP contribution >= 0.6 is 0 Å². The molecule has 0 aromatic heterocycles. The van der Waals surface area contributed by atoms with Gasteiger partial charge in [0.25, 0.3) is 5.91 Å². The van der Waals surface area contributed by atoms with Crippen LogP contribution in [0.5, 0.6) is 5.75 Å². The Balaban J connectivity index is 1.65. The highest BCUT2D eigenvalue weighted by Crippen LogP contribution is 2.36. The van der Waals surface area contributed by atoms with E-state index in [2.05, 4.69) is 23.9 Å². The van der Waals surface area contributed by atoms with E-state index in [0.29, 0.717) is 30.9 Å². The first-order chi connectivity index (χ1) is 14.3. The van der Waals surface area contributed by atoms with Crippen molar-refractivity contribution in [1.82, 2.24) is 19.6 Å². The van der Waals surface area contributed by atoms with E-state index in [1.54, 1.807) is 4.90 Å². The number of aryl methyl sites for hydroxylation is 1. The van der Waals surface area contributed by atoms with Crippen LogP contribution in [-0.2, 0) is 4.79 Å².